The number of pyridine rings is 1. The van der Waals surface area contributed by atoms with Crippen LogP contribution in [-0.4, -0.2) is 28.0 Å². The molecule has 2 N–H and O–H groups in total. The van der Waals surface area contributed by atoms with Crippen LogP contribution >= 0.6 is 22.6 Å². The zero-order valence-corrected chi connectivity index (χ0v) is 24.7. The van der Waals surface area contributed by atoms with Crippen molar-refractivity contribution in [1.29, 1.82) is 0 Å². The Labute approximate surface area is 237 Å². The Morgan fingerprint density at radius 2 is 1.69 bits per heavy atom. The van der Waals surface area contributed by atoms with Crippen molar-refractivity contribution in [2.45, 2.75) is 39.0 Å². The molecule has 0 aliphatic carbocycles. The SMILES string of the molecule is CC(C)n1nc(-c2cccc(NS(=O)(=O)C(C)C)c2)c2c(c(Nc3ccc(I)cc3F)c(F)c(=O)n2C)c1=O. The molecule has 2 heterocycles. The van der Waals surface area contributed by atoms with Gasteiger partial charge in [-0.1, -0.05) is 12.1 Å². The maximum atomic E-state index is 15.5. The second-order valence-corrected chi connectivity index (χ2v) is 13.0. The van der Waals surface area contributed by atoms with E-state index in [1.165, 1.54) is 39.1 Å². The number of halogens is 3. The Morgan fingerprint density at radius 1 is 1.00 bits per heavy atom. The normalized spacial score (nSPS) is 11.9. The van der Waals surface area contributed by atoms with Crippen molar-refractivity contribution in [3.8, 4) is 11.3 Å². The third-order valence-corrected chi connectivity index (χ3v) is 8.52. The predicted molar refractivity (Wildman–Crippen MR) is 157 cm³/mol. The molecule has 4 rings (SSSR count). The van der Waals surface area contributed by atoms with Gasteiger partial charge in [-0.15, -0.1) is 0 Å². The molecule has 0 unspecified atom stereocenters. The Hall–Kier alpha value is -3.33. The molecule has 0 saturated heterocycles. The largest absolute Gasteiger partial charge is 0.350 e. The summed E-state index contributed by atoms with van der Waals surface area (Å²) in [7, 11) is -2.36. The van der Waals surface area contributed by atoms with Crippen molar-refractivity contribution in [2.24, 2.45) is 7.05 Å². The summed E-state index contributed by atoms with van der Waals surface area (Å²) in [6, 6.07) is 10.0. The maximum absolute atomic E-state index is 15.5. The van der Waals surface area contributed by atoms with Gasteiger partial charge < -0.3 is 9.88 Å². The van der Waals surface area contributed by atoms with Crippen LogP contribution in [0.5, 0.6) is 0 Å². The van der Waals surface area contributed by atoms with Crippen LogP contribution in [0.15, 0.2) is 52.1 Å². The number of hydrogen-bond acceptors (Lipinski definition) is 6. The first-order valence-electron chi connectivity index (χ1n) is 11.9. The Bertz CT molecular complexity index is 1840. The molecule has 39 heavy (non-hydrogen) atoms. The number of benzene rings is 2. The van der Waals surface area contributed by atoms with E-state index in [1.807, 2.05) is 22.6 Å². The molecule has 0 aliphatic heterocycles. The fraction of sp³-hybridized carbons (Fsp3) is 0.269. The molecule has 9 nitrogen and oxygen atoms in total. The van der Waals surface area contributed by atoms with Gasteiger partial charge in [-0.3, -0.25) is 14.3 Å². The first-order valence-corrected chi connectivity index (χ1v) is 14.5. The van der Waals surface area contributed by atoms with Crippen LogP contribution in [-0.2, 0) is 17.1 Å². The number of nitrogens with zero attached hydrogens (tertiary/aromatic N) is 3. The summed E-state index contributed by atoms with van der Waals surface area (Å²) in [5, 5.41) is 6.21. The summed E-state index contributed by atoms with van der Waals surface area (Å²) in [4.78, 5) is 26.6. The van der Waals surface area contributed by atoms with E-state index < -0.39 is 49.8 Å². The highest BCUT2D eigenvalue weighted by Gasteiger charge is 2.25. The Balaban J connectivity index is 2.08. The van der Waals surface area contributed by atoms with Crippen LogP contribution in [0.4, 0.5) is 25.8 Å². The van der Waals surface area contributed by atoms with E-state index in [0.717, 1.165) is 9.25 Å². The third kappa shape index (κ3) is 5.41. The number of nitrogens with one attached hydrogen (secondary N) is 2. The molecule has 2 aromatic carbocycles. The van der Waals surface area contributed by atoms with Crippen LogP contribution in [0.25, 0.3) is 22.2 Å². The van der Waals surface area contributed by atoms with Gasteiger partial charge in [0.1, 0.15) is 11.5 Å². The van der Waals surface area contributed by atoms with E-state index >= 15 is 4.39 Å². The minimum Gasteiger partial charge on any atom is -0.350 e. The monoisotopic (exact) mass is 669 g/mol. The van der Waals surface area contributed by atoms with Gasteiger partial charge in [0.25, 0.3) is 11.1 Å². The van der Waals surface area contributed by atoms with Crippen LogP contribution in [0, 0.1) is 15.2 Å². The highest BCUT2D eigenvalue weighted by atomic mass is 127. The second kappa shape index (κ2) is 10.7. The molecule has 4 aromatic rings. The maximum Gasteiger partial charge on any atom is 0.289 e. The van der Waals surface area contributed by atoms with Gasteiger partial charge in [-0.05, 0) is 80.6 Å². The number of hydrogen-bond donors (Lipinski definition) is 2. The van der Waals surface area contributed by atoms with Crippen LogP contribution in [0.2, 0.25) is 0 Å². The second-order valence-electron chi connectivity index (χ2n) is 9.49. The first-order chi connectivity index (χ1) is 18.2. The lowest BCUT2D eigenvalue weighted by Gasteiger charge is -2.19. The van der Waals surface area contributed by atoms with Crippen molar-refractivity contribution in [3.63, 3.8) is 0 Å². The van der Waals surface area contributed by atoms with Crippen molar-refractivity contribution < 1.29 is 17.2 Å². The quantitative estimate of drug-likeness (QED) is 0.264. The fourth-order valence-corrected chi connectivity index (χ4v) is 5.10. The van der Waals surface area contributed by atoms with E-state index in [2.05, 4.69) is 15.1 Å². The summed E-state index contributed by atoms with van der Waals surface area (Å²) < 4.78 is 60.3. The van der Waals surface area contributed by atoms with E-state index in [1.54, 1.807) is 38.1 Å². The van der Waals surface area contributed by atoms with Gasteiger partial charge in [0.2, 0.25) is 15.8 Å². The van der Waals surface area contributed by atoms with Gasteiger partial charge in [0.05, 0.1) is 33.6 Å². The number of rotatable bonds is 7. The summed E-state index contributed by atoms with van der Waals surface area (Å²) in [5.74, 6) is -1.95. The van der Waals surface area contributed by atoms with Gasteiger partial charge in [0, 0.05) is 21.9 Å². The average molecular weight is 669 g/mol. The first kappa shape index (κ1) is 28.7. The van der Waals surface area contributed by atoms with E-state index in [-0.39, 0.29) is 28.0 Å². The third-order valence-electron chi connectivity index (χ3n) is 6.08. The molecule has 0 spiro atoms. The molecule has 0 aliphatic rings. The van der Waals surface area contributed by atoms with Crippen LogP contribution < -0.4 is 21.2 Å². The lowest BCUT2D eigenvalue weighted by atomic mass is 10.1. The average Bonchev–Trinajstić information content (AvgIpc) is 2.86. The summed E-state index contributed by atoms with van der Waals surface area (Å²) in [6.07, 6.45) is 0. The number of sulfonamides is 1. The molecular formula is C26H26F2IN5O4S. The summed E-state index contributed by atoms with van der Waals surface area (Å²) in [5.41, 5.74) is -1.61. The minimum atomic E-state index is -3.67. The summed E-state index contributed by atoms with van der Waals surface area (Å²) >= 11 is 1.93. The van der Waals surface area contributed by atoms with Gasteiger partial charge >= 0.3 is 0 Å². The van der Waals surface area contributed by atoms with Crippen molar-refractivity contribution >= 4 is 60.6 Å². The molecule has 206 valence electrons. The van der Waals surface area contributed by atoms with Crippen molar-refractivity contribution in [2.75, 3.05) is 10.0 Å². The molecule has 0 bridgehead atoms. The Kier molecular flexibility index (Phi) is 7.85. The highest BCUT2D eigenvalue weighted by molar-refractivity contribution is 14.1. The topological polar surface area (TPSA) is 115 Å². The summed E-state index contributed by atoms with van der Waals surface area (Å²) in [6.45, 7) is 6.49. The lowest BCUT2D eigenvalue weighted by molar-refractivity contribution is 0.508. The lowest BCUT2D eigenvalue weighted by Crippen LogP contribution is -2.31. The number of aryl methyl sites for hydroxylation is 1. The number of fused-ring (bicyclic) bond motifs is 1. The van der Waals surface area contributed by atoms with Crippen molar-refractivity contribution in [1.82, 2.24) is 14.3 Å². The Morgan fingerprint density at radius 3 is 2.31 bits per heavy atom. The molecule has 0 radical (unpaired) electrons. The molecular weight excluding hydrogens is 643 g/mol. The molecule has 0 fully saturated rings. The minimum absolute atomic E-state index is 0.000543. The van der Waals surface area contributed by atoms with Crippen LogP contribution in [0.1, 0.15) is 33.7 Å². The zero-order valence-electron chi connectivity index (χ0n) is 21.7. The molecule has 0 saturated carbocycles. The smallest absolute Gasteiger partial charge is 0.289 e. The molecule has 2 aromatic heterocycles. The number of anilines is 3. The highest BCUT2D eigenvalue weighted by Crippen LogP contribution is 2.33. The van der Waals surface area contributed by atoms with E-state index in [9.17, 15) is 22.4 Å². The fourth-order valence-electron chi connectivity index (χ4n) is 3.95. The molecule has 13 heteroatoms. The predicted octanol–water partition coefficient (Wildman–Crippen LogP) is 5.12. The van der Waals surface area contributed by atoms with Gasteiger partial charge in [0.15, 0.2) is 0 Å². The number of aromatic nitrogens is 3. The molecule has 0 amide bonds. The van der Waals surface area contributed by atoms with Crippen molar-refractivity contribution in [3.05, 3.63) is 78.4 Å². The zero-order chi connectivity index (χ0) is 28.8. The van der Waals surface area contributed by atoms with E-state index in [4.69, 9.17) is 0 Å². The standard InChI is InChI=1S/C26H26F2IN5O4S/c1-13(2)34-25(35)20-23(30-19-10-9-16(29)12-18(19)27)21(28)26(36)33(5)24(20)22(31-34)15-7-6-8-17(11-15)32-39(37,38)14(3)4/h6-14,30,32H,1-5H3. The molecule has 0 atom stereocenters. The van der Waals surface area contributed by atoms with Crippen LogP contribution in [0.3, 0.4) is 0 Å². The van der Waals surface area contributed by atoms with Gasteiger partial charge in [-0.2, -0.15) is 9.49 Å². The van der Waals surface area contributed by atoms with Gasteiger partial charge in [-0.25, -0.2) is 17.5 Å². The van der Waals surface area contributed by atoms with E-state index in [0.29, 0.717) is 9.13 Å².